The van der Waals surface area contributed by atoms with E-state index >= 15 is 0 Å². The Morgan fingerprint density at radius 3 is 2.42 bits per heavy atom. The Kier molecular flexibility index (Phi) is 8.39. The first kappa shape index (κ1) is 23.7. The molecule has 0 spiro atoms. The van der Waals surface area contributed by atoms with E-state index in [1.165, 1.54) is 37.3 Å². The molecule has 0 aliphatic rings. The lowest BCUT2D eigenvalue weighted by molar-refractivity contribution is -0.142. The summed E-state index contributed by atoms with van der Waals surface area (Å²) in [6.45, 7) is 1.31. The van der Waals surface area contributed by atoms with Gasteiger partial charge in [0.05, 0.1) is 17.7 Å². The summed E-state index contributed by atoms with van der Waals surface area (Å²) in [7, 11) is 1.16. The molecule has 1 atom stereocenters. The van der Waals surface area contributed by atoms with Gasteiger partial charge in [0, 0.05) is 25.6 Å². The Bertz CT molecular complexity index is 995. The number of aromatic hydroxyl groups is 1. The van der Waals surface area contributed by atoms with Crippen LogP contribution in [0.1, 0.15) is 33.2 Å². The fraction of sp³-hybridized carbons (Fsp3) is 0.238. The van der Waals surface area contributed by atoms with E-state index in [4.69, 9.17) is 11.6 Å². The highest BCUT2D eigenvalue weighted by Crippen LogP contribution is 2.19. The lowest BCUT2D eigenvalue weighted by atomic mass is 10.1. The molecule has 0 unspecified atom stereocenters. The van der Waals surface area contributed by atoms with Crippen molar-refractivity contribution in [3.63, 3.8) is 0 Å². The number of carbonyl (C=O) groups excluding carboxylic acids is 4. The molecule has 0 saturated carbocycles. The molecule has 2 rings (SSSR count). The normalized spacial score (nSPS) is 11.2. The van der Waals surface area contributed by atoms with E-state index in [0.29, 0.717) is 5.56 Å². The van der Waals surface area contributed by atoms with Crippen molar-refractivity contribution in [1.29, 1.82) is 0 Å². The Labute approximate surface area is 183 Å². The van der Waals surface area contributed by atoms with Gasteiger partial charge in [-0.15, -0.1) is 0 Å². The molecule has 0 radical (unpaired) electrons. The van der Waals surface area contributed by atoms with Crippen LogP contribution in [0.3, 0.4) is 0 Å². The Balaban J connectivity index is 2.05. The average molecular weight is 448 g/mol. The molecule has 3 amide bonds. The fourth-order valence-corrected chi connectivity index (χ4v) is 2.88. The maximum atomic E-state index is 12.5. The zero-order valence-electron chi connectivity index (χ0n) is 16.9. The summed E-state index contributed by atoms with van der Waals surface area (Å²) in [5, 5.41) is 17.0. The van der Waals surface area contributed by atoms with Crippen LogP contribution in [0.15, 0.2) is 42.5 Å². The average Bonchev–Trinajstić information content (AvgIpc) is 2.74. The highest BCUT2D eigenvalue weighted by Gasteiger charge is 2.24. The van der Waals surface area contributed by atoms with E-state index in [2.05, 4.69) is 20.7 Å². The van der Waals surface area contributed by atoms with Crippen molar-refractivity contribution in [2.24, 2.45) is 0 Å². The number of hydrogen-bond donors (Lipinski definition) is 4. The monoisotopic (exact) mass is 447 g/mol. The molecule has 2 aromatic rings. The van der Waals surface area contributed by atoms with Crippen LogP contribution in [-0.4, -0.2) is 48.5 Å². The number of carbonyl (C=O) groups is 4. The molecule has 0 heterocycles. The number of ether oxygens (including phenoxy) is 1. The Hall–Kier alpha value is -3.59. The van der Waals surface area contributed by atoms with Gasteiger partial charge >= 0.3 is 5.97 Å². The van der Waals surface area contributed by atoms with Gasteiger partial charge in [0.2, 0.25) is 5.91 Å². The SMILES string of the molecule is COC(=O)[C@H](CNC(C)=O)NC(=O)c1ccc(C(=O)NCc2cccc(O)c2)cc1Cl. The Morgan fingerprint density at radius 1 is 1.06 bits per heavy atom. The number of halogens is 1. The van der Waals surface area contributed by atoms with Gasteiger partial charge in [-0.3, -0.25) is 14.4 Å². The highest BCUT2D eigenvalue weighted by atomic mass is 35.5. The molecule has 9 nitrogen and oxygen atoms in total. The number of benzene rings is 2. The first-order valence-corrected chi connectivity index (χ1v) is 9.58. The van der Waals surface area contributed by atoms with Gasteiger partial charge in [0.25, 0.3) is 11.8 Å². The van der Waals surface area contributed by atoms with E-state index in [1.54, 1.807) is 12.1 Å². The number of esters is 1. The third-order valence-corrected chi connectivity index (χ3v) is 4.50. The van der Waals surface area contributed by atoms with E-state index < -0.39 is 23.8 Å². The van der Waals surface area contributed by atoms with Crippen molar-refractivity contribution in [3.05, 3.63) is 64.2 Å². The molecule has 0 fully saturated rings. The molecule has 4 N–H and O–H groups in total. The summed E-state index contributed by atoms with van der Waals surface area (Å²) in [6.07, 6.45) is 0. The summed E-state index contributed by atoms with van der Waals surface area (Å²) in [4.78, 5) is 47.8. The minimum atomic E-state index is -1.11. The van der Waals surface area contributed by atoms with Gasteiger partial charge < -0.3 is 25.8 Å². The molecular formula is C21H22ClN3O6. The maximum absolute atomic E-state index is 12.5. The molecule has 2 aromatic carbocycles. The van der Waals surface area contributed by atoms with Crippen molar-refractivity contribution in [2.75, 3.05) is 13.7 Å². The minimum absolute atomic E-state index is 0.00523. The number of phenolic OH excluding ortho intramolecular Hbond substituents is 1. The second-order valence-electron chi connectivity index (χ2n) is 6.53. The van der Waals surface area contributed by atoms with E-state index in [9.17, 15) is 24.3 Å². The van der Waals surface area contributed by atoms with E-state index in [1.807, 2.05) is 0 Å². The van der Waals surface area contributed by atoms with Crippen molar-refractivity contribution in [1.82, 2.24) is 16.0 Å². The summed E-state index contributed by atoms with van der Waals surface area (Å²) in [5.74, 6) is -2.11. The maximum Gasteiger partial charge on any atom is 0.330 e. The van der Waals surface area contributed by atoms with Crippen molar-refractivity contribution >= 4 is 35.3 Å². The standard InChI is InChI=1S/C21H22ClN3O6/c1-12(26)23-11-18(21(30)31-2)25-20(29)16-7-6-14(9-17(16)22)19(28)24-10-13-4-3-5-15(27)8-13/h3-9,18,27H,10-11H2,1-2H3,(H,23,26)(H,24,28)(H,25,29)/t18-/m0/s1. The molecule has 164 valence electrons. The Morgan fingerprint density at radius 2 is 1.81 bits per heavy atom. The number of rotatable bonds is 8. The van der Waals surface area contributed by atoms with Crippen molar-refractivity contribution in [2.45, 2.75) is 19.5 Å². The number of nitrogens with one attached hydrogen (secondary N) is 3. The molecule has 0 aliphatic heterocycles. The topological polar surface area (TPSA) is 134 Å². The van der Waals surface area contributed by atoms with Crippen molar-refractivity contribution in [3.8, 4) is 5.75 Å². The summed E-state index contributed by atoms with van der Waals surface area (Å²) < 4.78 is 4.63. The minimum Gasteiger partial charge on any atom is -0.508 e. The van der Waals surface area contributed by atoms with Gasteiger partial charge in [0.15, 0.2) is 0 Å². The lowest BCUT2D eigenvalue weighted by Crippen LogP contribution is -2.48. The first-order chi connectivity index (χ1) is 14.7. The second-order valence-corrected chi connectivity index (χ2v) is 6.94. The molecule has 0 bridgehead atoms. The predicted octanol–water partition coefficient (Wildman–Crippen LogP) is 1.38. The van der Waals surface area contributed by atoms with E-state index in [0.717, 1.165) is 7.11 Å². The van der Waals surface area contributed by atoms with Crippen LogP contribution in [0.4, 0.5) is 0 Å². The quantitative estimate of drug-likeness (QED) is 0.452. The predicted molar refractivity (Wildman–Crippen MR) is 113 cm³/mol. The number of hydrogen-bond acceptors (Lipinski definition) is 6. The number of phenols is 1. The third-order valence-electron chi connectivity index (χ3n) is 4.19. The van der Waals surface area contributed by atoms with Crippen LogP contribution in [0.25, 0.3) is 0 Å². The van der Waals surface area contributed by atoms with Gasteiger partial charge in [-0.25, -0.2) is 4.79 Å². The van der Waals surface area contributed by atoms with E-state index in [-0.39, 0.29) is 40.9 Å². The molecular weight excluding hydrogens is 426 g/mol. The van der Waals surface area contributed by atoms with Gasteiger partial charge in [-0.2, -0.15) is 0 Å². The van der Waals surface area contributed by atoms with Crippen LogP contribution in [0, 0.1) is 0 Å². The fourth-order valence-electron chi connectivity index (χ4n) is 2.61. The number of methoxy groups -OCH3 is 1. The van der Waals surface area contributed by atoms with Crippen molar-refractivity contribution < 1.29 is 29.0 Å². The first-order valence-electron chi connectivity index (χ1n) is 9.20. The zero-order valence-corrected chi connectivity index (χ0v) is 17.7. The van der Waals surface area contributed by atoms with Crippen LogP contribution in [0.5, 0.6) is 5.75 Å². The second kappa shape index (κ2) is 11.0. The van der Waals surface area contributed by atoms with Gasteiger partial charge in [-0.1, -0.05) is 23.7 Å². The summed E-state index contributed by atoms with van der Waals surface area (Å²) in [5.41, 5.74) is 0.982. The van der Waals surface area contributed by atoms with Gasteiger partial charge in [-0.05, 0) is 35.9 Å². The molecule has 31 heavy (non-hydrogen) atoms. The van der Waals surface area contributed by atoms with Crippen LogP contribution in [-0.2, 0) is 20.9 Å². The van der Waals surface area contributed by atoms with Gasteiger partial charge in [0.1, 0.15) is 11.8 Å². The number of amides is 3. The largest absolute Gasteiger partial charge is 0.508 e. The smallest absolute Gasteiger partial charge is 0.330 e. The van der Waals surface area contributed by atoms with Crippen LogP contribution < -0.4 is 16.0 Å². The zero-order chi connectivity index (χ0) is 23.0. The molecule has 10 heteroatoms. The molecule has 0 aromatic heterocycles. The van der Waals surface area contributed by atoms with Crippen LogP contribution >= 0.6 is 11.6 Å². The third kappa shape index (κ3) is 7.00. The highest BCUT2D eigenvalue weighted by molar-refractivity contribution is 6.34. The van der Waals surface area contributed by atoms with Crippen LogP contribution in [0.2, 0.25) is 5.02 Å². The summed E-state index contributed by atoms with van der Waals surface area (Å²) >= 11 is 6.17. The summed E-state index contributed by atoms with van der Waals surface area (Å²) in [6, 6.07) is 9.45. The molecule has 0 aliphatic carbocycles. The lowest BCUT2D eigenvalue weighted by Gasteiger charge is -2.17. The molecule has 0 saturated heterocycles.